The van der Waals surface area contributed by atoms with Crippen molar-refractivity contribution in [2.24, 2.45) is 0 Å². The number of nitrogens with zero attached hydrogens (tertiary/aromatic N) is 2. The summed E-state index contributed by atoms with van der Waals surface area (Å²) in [6.45, 7) is 6.45. The van der Waals surface area contributed by atoms with Gasteiger partial charge in [0.1, 0.15) is 5.58 Å². The normalized spacial score (nSPS) is 15.2. The van der Waals surface area contributed by atoms with Crippen molar-refractivity contribution in [2.75, 3.05) is 53.5 Å². The van der Waals surface area contributed by atoms with E-state index in [1.165, 1.54) is 25.6 Å². The number of likely N-dealkylation sites (N-methyl/N-ethyl adjacent to an activating group) is 1. The summed E-state index contributed by atoms with van der Waals surface area (Å²) >= 11 is 0. The summed E-state index contributed by atoms with van der Waals surface area (Å²) in [5.41, 5.74) is 1.90. The van der Waals surface area contributed by atoms with Crippen LogP contribution in [-0.2, 0) is 0 Å². The fourth-order valence-electron chi connectivity index (χ4n) is 4.17. The molecular formula is C26H32N2O4. The summed E-state index contributed by atoms with van der Waals surface area (Å²) in [5.74, 6) is 1.24. The van der Waals surface area contributed by atoms with Crippen LogP contribution in [0.15, 0.2) is 57.7 Å². The van der Waals surface area contributed by atoms with E-state index >= 15 is 0 Å². The van der Waals surface area contributed by atoms with Crippen LogP contribution in [0.5, 0.6) is 11.5 Å². The van der Waals surface area contributed by atoms with Gasteiger partial charge in [-0.3, -0.25) is 0 Å². The van der Waals surface area contributed by atoms with Crippen LogP contribution in [0.3, 0.4) is 0 Å². The van der Waals surface area contributed by atoms with Gasteiger partial charge in [-0.2, -0.15) is 0 Å². The molecule has 32 heavy (non-hydrogen) atoms. The summed E-state index contributed by atoms with van der Waals surface area (Å²) < 4.78 is 17.1. The van der Waals surface area contributed by atoms with Gasteiger partial charge < -0.3 is 23.7 Å². The van der Waals surface area contributed by atoms with Gasteiger partial charge in [-0.25, -0.2) is 4.79 Å². The Bertz CT molecular complexity index is 1070. The summed E-state index contributed by atoms with van der Waals surface area (Å²) in [4.78, 5) is 17.1. The third-order valence-corrected chi connectivity index (χ3v) is 6.09. The number of fused-ring (bicyclic) bond motifs is 1. The zero-order valence-corrected chi connectivity index (χ0v) is 19.0. The van der Waals surface area contributed by atoms with Crippen LogP contribution in [-0.4, -0.2) is 63.3 Å². The van der Waals surface area contributed by atoms with Crippen LogP contribution in [0.1, 0.15) is 19.3 Å². The fourth-order valence-corrected chi connectivity index (χ4v) is 4.17. The molecule has 6 heteroatoms. The predicted molar refractivity (Wildman–Crippen MR) is 128 cm³/mol. The Hall–Kier alpha value is -2.83. The Morgan fingerprint density at radius 3 is 2.47 bits per heavy atom. The first-order valence-electron chi connectivity index (χ1n) is 11.4. The van der Waals surface area contributed by atoms with Gasteiger partial charge in [0.05, 0.1) is 13.7 Å². The second-order valence-electron chi connectivity index (χ2n) is 8.40. The fraction of sp³-hybridized carbons (Fsp3) is 0.423. The molecule has 2 aromatic carbocycles. The highest BCUT2D eigenvalue weighted by Gasteiger charge is 2.15. The number of piperazine rings is 1. The third-order valence-electron chi connectivity index (χ3n) is 6.09. The molecule has 0 atom stereocenters. The van der Waals surface area contributed by atoms with E-state index in [2.05, 4.69) is 16.8 Å². The molecule has 170 valence electrons. The van der Waals surface area contributed by atoms with Gasteiger partial charge in [0.15, 0.2) is 11.5 Å². The van der Waals surface area contributed by atoms with Crippen LogP contribution in [0.2, 0.25) is 0 Å². The van der Waals surface area contributed by atoms with Gasteiger partial charge in [0, 0.05) is 43.7 Å². The molecule has 0 unspecified atom stereocenters. The largest absolute Gasteiger partial charge is 0.493 e. The Morgan fingerprint density at radius 1 is 0.938 bits per heavy atom. The minimum Gasteiger partial charge on any atom is -0.493 e. The van der Waals surface area contributed by atoms with Gasteiger partial charge in [0.25, 0.3) is 0 Å². The lowest BCUT2D eigenvalue weighted by atomic mass is 10.0. The van der Waals surface area contributed by atoms with E-state index in [1.807, 2.05) is 36.4 Å². The van der Waals surface area contributed by atoms with Gasteiger partial charge in [-0.05, 0) is 50.0 Å². The SMILES string of the molecule is COc1cc2oc(=O)cc(-c3ccccc3)c2cc1OCCCCCN1CCN(C)CC1. The maximum atomic E-state index is 12.1. The highest BCUT2D eigenvalue weighted by atomic mass is 16.5. The van der Waals surface area contributed by atoms with E-state index in [9.17, 15) is 4.79 Å². The van der Waals surface area contributed by atoms with Crippen molar-refractivity contribution < 1.29 is 13.9 Å². The zero-order valence-electron chi connectivity index (χ0n) is 19.0. The third kappa shape index (κ3) is 5.50. The van der Waals surface area contributed by atoms with Crippen molar-refractivity contribution >= 4 is 11.0 Å². The lowest BCUT2D eigenvalue weighted by Gasteiger charge is -2.32. The van der Waals surface area contributed by atoms with Crippen molar-refractivity contribution in [3.05, 3.63) is 59.0 Å². The van der Waals surface area contributed by atoms with E-state index in [1.54, 1.807) is 13.2 Å². The predicted octanol–water partition coefficient (Wildman–Crippen LogP) is 4.27. The van der Waals surface area contributed by atoms with Crippen LogP contribution in [0.4, 0.5) is 0 Å². The summed E-state index contributed by atoms with van der Waals surface area (Å²) in [6.07, 6.45) is 3.31. The average Bonchev–Trinajstić information content (AvgIpc) is 2.82. The minimum absolute atomic E-state index is 0.382. The average molecular weight is 437 g/mol. The van der Waals surface area contributed by atoms with Crippen molar-refractivity contribution in [2.45, 2.75) is 19.3 Å². The number of methoxy groups -OCH3 is 1. The van der Waals surface area contributed by atoms with Crippen molar-refractivity contribution in [1.82, 2.24) is 9.80 Å². The molecule has 0 aliphatic carbocycles. The number of benzene rings is 2. The summed E-state index contributed by atoms with van der Waals surface area (Å²) in [6, 6.07) is 15.0. The molecule has 0 radical (unpaired) electrons. The molecule has 4 rings (SSSR count). The Kier molecular flexibility index (Phi) is 7.45. The number of rotatable bonds is 9. The Labute approximate surface area is 189 Å². The molecule has 0 amide bonds. The molecule has 1 aliphatic rings. The molecule has 1 fully saturated rings. The second kappa shape index (κ2) is 10.7. The maximum absolute atomic E-state index is 12.1. The van der Waals surface area contributed by atoms with Gasteiger partial charge in [-0.1, -0.05) is 30.3 Å². The number of ether oxygens (including phenoxy) is 2. The topological polar surface area (TPSA) is 55.2 Å². The minimum atomic E-state index is -0.382. The zero-order chi connectivity index (χ0) is 22.3. The molecule has 2 heterocycles. The molecule has 1 aromatic heterocycles. The quantitative estimate of drug-likeness (QED) is 0.369. The smallest absolute Gasteiger partial charge is 0.336 e. The molecule has 0 spiro atoms. The van der Waals surface area contributed by atoms with E-state index in [-0.39, 0.29) is 5.63 Å². The van der Waals surface area contributed by atoms with E-state index in [4.69, 9.17) is 13.9 Å². The highest BCUT2D eigenvalue weighted by Crippen LogP contribution is 2.36. The molecule has 0 bridgehead atoms. The van der Waals surface area contributed by atoms with Gasteiger partial charge >= 0.3 is 5.63 Å². The van der Waals surface area contributed by atoms with Crippen LogP contribution < -0.4 is 15.1 Å². The molecule has 0 N–H and O–H groups in total. The highest BCUT2D eigenvalue weighted by molar-refractivity contribution is 5.95. The van der Waals surface area contributed by atoms with E-state index in [0.717, 1.165) is 49.0 Å². The van der Waals surface area contributed by atoms with Crippen molar-refractivity contribution in [1.29, 1.82) is 0 Å². The van der Waals surface area contributed by atoms with Crippen LogP contribution in [0, 0.1) is 0 Å². The van der Waals surface area contributed by atoms with Crippen molar-refractivity contribution in [3.63, 3.8) is 0 Å². The van der Waals surface area contributed by atoms with E-state index in [0.29, 0.717) is 23.7 Å². The molecule has 3 aromatic rings. The summed E-state index contributed by atoms with van der Waals surface area (Å²) in [5, 5.41) is 0.835. The lowest BCUT2D eigenvalue weighted by Crippen LogP contribution is -2.44. The van der Waals surface area contributed by atoms with Crippen molar-refractivity contribution in [3.8, 4) is 22.6 Å². The van der Waals surface area contributed by atoms with Crippen LogP contribution in [0.25, 0.3) is 22.1 Å². The Morgan fingerprint density at radius 2 is 1.72 bits per heavy atom. The van der Waals surface area contributed by atoms with Gasteiger partial charge in [-0.15, -0.1) is 0 Å². The molecule has 0 saturated carbocycles. The maximum Gasteiger partial charge on any atom is 0.336 e. The molecule has 1 aliphatic heterocycles. The monoisotopic (exact) mass is 436 g/mol. The lowest BCUT2D eigenvalue weighted by molar-refractivity contribution is 0.151. The molecular weight excluding hydrogens is 404 g/mol. The van der Waals surface area contributed by atoms with E-state index < -0.39 is 0 Å². The Balaban J connectivity index is 1.41. The first-order chi connectivity index (χ1) is 15.6. The molecule has 1 saturated heterocycles. The standard InChI is InChI=1S/C26H32N2O4/c1-27-12-14-28(15-13-27)11-7-4-8-16-31-25-17-22-21(20-9-5-3-6-10-20)18-26(29)32-23(22)19-24(25)30-2/h3,5-6,9-10,17-19H,4,7-8,11-16H2,1-2H3. The first-order valence-corrected chi connectivity index (χ1v) is 11.4. The summed E-state index contributed by atoms with van der Waals surface area (Å²) in [7, 11) is 3.79. The number of hydrogen-bond acceptors (Lipinski definition) is 6. The van der Waals surface area contributed by atoms with Gasteiger partial charge in [0.2, 0.25) is 0 Å². The number of unbranched alkanes of at least 4 members (excludes halogenated alkanes) is 2. The van der Waals surface area contributed by atoms with Crippen LogP contribution >= 0.6 is 0 Å². The molecule has 6 nitrogen and oxygen atoms in total. The number of hydrogen-bond donors (Lipinski definition) is 0. The second-order valence-corrected chi connectivity index (χ2v) is 8.40. The first kappa shape index (κ1) is 22.4.